The SMILES string of the molecule is CNCCC(C)N1CCCC(C)(C)C1. The van der Waals surface area contributed by atoms with Crippen LogP contribution in [0.4, 0.5) is 0 Å². The third-order valence-corrected chi connectivity index (χ3v) is 3.37. The molecule has 1 rings (SSSR count). The zero-order chi connectivity index (χ0) is 10.6. The highest BCUT2D eigenvalue weighted by atomic mass is 15.2. The quantitative estimate of drug-likeness (QED) is 0.744. The van der Waals surface area contributed by atoms with E-state index < -0.39 is 0 Å². The number of nitrogens with zero attached hydrogens (tertiary/aromatic N) is 1. The molecule has 1 fully saturated rings. The van der Waals surface area contributed by atoms with Gasteiger partial charge in [-0.3, -0.25) is 0 Å². The van der Waals surface area contributed by atoms with E-state index in [9.17, 15) is 0 Å². The van der Waals surface area contributed by atoms with Crippen LogP contribution in [0.1, 0.15) is 40.0 Å². The molecule has 0 saturated carbocycles. The molecule has 1 aliphatic rings. The van der Waals surface area contributed by atoms with E-state index in [1.54, 1.807) is 0 Å². The number of hydrogen-bond acceptors (Lipinski definition) is 2. The van der Waals surface area contributed by atoms with Crippen LogP contribution in [0.15, 0.2) is 0 Å². The van der Waals surface area contributed by atoms with E-state index in [2.05, 4.69) is 31.0 Å². The molecule has 1 atom stereocenters. The topological polar surface area (TPSA) is 15.3 Å². The van der Waals surface area contributed by atoms with E-state index in [1.807, 2.05) is 7.05 Å². The van der Waals surface area contributed by atoms with Crippen LogP contribution in [0.25, 0.3) is 0 Å². The van der Waals surface area contributed by atoms with Gasteiger partial charge in [0.2, 0.25) is 0 Å². The molecule has 1 heterocycles. The van der Waals surface area contributed by atoms with Gasteiger partial charge in [-0.05, 0) is 51.7 Å². The average Bonchev–Trinajstić information content (AvgIpc) is 2.12. The van der Waals surface area contributed by atoms with Gasteiger partial charge in [0.15, 0.2) is 0 Å². The molecule has 0 aliphatic carbocycles. The minimum atomic E-state index is 0.534. The molecule has 2 heteroatoms. The van der Waals surface area contributed by atoms with Crippen molar-refractivity contribution in [1.29, 1.82) is 0 Å². The largest absolute Gasteiger partial charge is 0.320 e. The second-order valence-electron chi connectivity index (χ2n) is 5.48. The van der Waals surface area contributed by atoms with Gasteiger partial charge in [-0.1, -0.05) is 13.8 Å². The normalized spacial score (nSPS) is 24.9. The first kappa shape index (κ1) is 12.0. The van der Waals surface area contributed by atoms with E-state index in [-0.39, 0.29) is 0 Å². The van der Waals surface area contributed by atoms with Gasteiger partial charge in [0.05, 0.1) is 0 Å². The van der Waals surface area contributed by atoms with Crippen molar-refractivity contribution in [3.63, 3.8) is 0 Å². The molecule has 1 N–H and O–H groups in total. The Bertz CT molecular complexity index is 166. The lowest BCUT2D eigenvalue weighted by atomic mass is 9.83. The van der Waals surface area contributed by atoms with Crippen LogP contribution in [0.5, 0.6) is 0 Å². The van der Waals surface area contributed by atoms with Crippen LogP contribution in [-0.4, -0.2) is 37.6 Å². The molecule has 1 unspecified atom stereocenters. The maximum absolute atomic E-state index is 3.23. The fourth-order valence-electron chi connectivity index (χ4n) is 2.38. The summed E-state index contributed by atoms with van der Waals surface area (Å²) in [5, 5.41) is 3.23. The molecule has 1 saturated heterocycles. The van der Waals surface area contributed by atoms with Gasteiger partial charge >= 0.3 is 0 Å². The third-order valence-electron chi connectivity index (χ3n) is 3.37. The Balaban J connectivity index is 2.35. The second-order valence-corrected chi connectivity index (χ2v) is 5.48. The smallest absolute Gasteiger partial charge is 0.00792 e. The zero-order valence-corrected chi connectivity index (χ0v) is 10.3. The fourth-order valence-corrected chi connectivity index (χ4v) is 2.38. The number of rotatable bonds is 4. The van der Waals surface area contributed by atoms with E-state index in [1.165, 1.54) is 32.4 Å². The summed E-state index contributed by atoms with van der Waals surface area (Å²) in [7, 11) is 2.03. The summed E-state index contributed by atoms with van der Waals surface area (Å²) in [4.78, 5) is 2.65. The van der Waals surface area contributed by atoms with Crippen molar-refractivity contribution >= 4 is 0 Å². The molecule has 0 amide bonds. The maximum Gasteiger partial charge on any atom is 0.00792 e. The summed E-state index contributed by atoms with van der Waals surface area (Å²) in [6.45, 7) is 10.9. The first-order valence-electron chi connectivity index (χ1n) is 5.94. The lowest BCUT2D eigenvalue weighted by Gasteiger charge is -2.41. The second kappa shape index (κ2) is 5.13. The van der Waals surface area contributed by atoms with Crippen LogP contribution < -0.4 is 5.32 Å². The average molecular weight is 198 g/mol. The molecule has 1 aliphatic heterocycles. The number of likely N-dealkylation sites (tertiary alicyclic amines) is 1. The molecule has 84 valence electrons. The lowest BCUT2D eigenvalue weighted by Crippen LogP contribution is -2.45. The van der Waals surface area contributed by atoms with Crippen LogP contribution in [0.3, 0.4) is 0 Å². The summed E-state index contributed by atoms with van der Waals surface area (Å²) in [6, 6.07) is 0.738. The van der Waals surface area contributed by atoms with E-state index >= 15 is 0 Å². The van der Waals surface area contributed by atoms with Crippen LogP contribution in [-0.2, 0) is 0 Å². The maximum atomic E-state index is 3.23. The Labute approximate surface area is 89.1 Å². The Kier molecular flexibility index (Phi) is 4.39. The minimum Gasteiger partial charge on any atom is -0.320 e. The van der Waals surface area contributed by atoms with Crippen molar-refractivity contribution in [2.45, 2.75) is 46.1 Å². The Morgan fingerprint density at radius 3 is 2.71 bits per heavy atom. The molecule has 2 nitrogen and oxygen atoms in total. The third kappa shape index (κ3) is 3.58. The van der Waals surface area contributed by atoms with Crippen molar-refractivity contribution in [2.75, 3.05) is 26.7 Å². The monoisotopic (exact) mass is 198 g/mol. The first-order chi connectivity index (χ1) is 6.55. The van der Waals surface area contributed by atoms with E-state index in [4.69, 9.17) is 0 Å². The van der Waals surface area contributed by atoms with Gasteiger partial charge in [-0.15, -0.1) is 0 Å². The first-order valence-corrected chi connectivity index (χ1v) is 5.94. The van der Waals surface area contributed by atoms with Gasteiger partial charge in [-0.25, -0.2) is 0 Å². The summed E-state index contributed by atoms with van der Waals surface area (Å²) in [5.41, 5.74) is 0.534. The van der Waals surface area contributed by atoms with E-state index in [0.717, 1.165) is 12.6 Å². The van der Waals surface area contributed by atoms with Crippen LogP contribution in [0.2, 0.25) is 0 Å². The summed E-state index contributed by atoms with van der Waals surface area (Å²) < 4.78 is 0. The molecular weight excluding hydrogens is 172 g/mol. The molecule has 0 radical (unpaired) electrons. The van der Waals surface area contributed by atoms with Crippen molar-refractivity contribution in [2.24, 2.45) is 5.41 Å². The predicted molar refractivity (Wildman–Crippen MR) is 62.6 cm³/mol. The molecule has 0 aromatic heterocycles. The fraction of sp³-hybridized carbons (Fsp3) is 1.00. The summed E-state index contributed by atoms with van der Waals surface area (Å²) in [6.07, 6.45) is 4.03. The van der Waals surface area contributed by atoms with Crippen molar-refractivity contribution < 1.29 is 0 Å². The predicted octanol–water partition coefficient (Wildman–Crippen LogP) is 2.11. The van der Waals surface area contributed by atoms with Gasteiger partial charge in [0.25, 0.3) is 0 Å². The van der Waals surface area contributed by atoms with Gasteiger partial charge in [-0.2, -0.15) is 0 Å². The highest BCUT2D eigenvalue weighted by Crippen LogP contribution is 2.29. The molecule has 0 bridgehead atoms. The zero-order valence-electron chi connectivity index (χ0n) is 10.3. The molecule has 0 aromatic carbocycles. The van der Waals surface area contributed by atoms with Crippen LogP contribution >= 0.6 is 0 Å². The number of hydrogen-bond donors (Lipinski definition) is 1. The van der Waals surface area contributed by atoms with Gasteiger partial charge in [0, 0.05) is 12.6 Å². The Hall–Kier alpha value is -0.0800. The van der Waals surface area contributed by atoms with Gasteiger partial charge < -0.3 is 10.2 Å². The number of nitrogens with one attached hydrogen (secondary N) is 1. The minimum absolute atomic E-state index is 0.534. The highest BCUT2D eigenvalue weighted by molar-refractivity contribution is 4.82. The lowest BCUT2D eigenvalue weighted by molar-refractivity contribution is 0.0815. The molecule has 0 aromatic rings. The Morgan fingerprint density at radius 2 is 2.14 bits per heavy atom. The molecule has 14 heavy (non-hydrogen) atoms. The Morgan fingerprint density at radius 1 is 1.43 bits per heavy atom. The van der Waals surface area contributed by atoms with Crippen molar-refractivity contribution in [3.05, 3.63) is 0 Å². The van der Waals surface area contributed by atoms with Crippen LogP contribution in [0, 0.1) is 5.41 Å². The molecule has 0 spiro atoms. The summed E-state index contributed by atoms with van der Waals surface area (Å²) >= 11 is 0. The van der Waals surface area contributed by atoms with Crippen molar-refractivity contribution in [1.82, 2.24) is 10.2 Å². The summed E-state index contributed by atoms with van der Waals surface area (Å²) in [5.74, 6) is 0. The van der Waals surface area contributed by atoms with Gasteiger partial charge in [0.1, 0.15) is 0 Å². The molecular formula is C12H26N2. The number of piperidine rings is 1. The van der Waals surface area contributed by atoms with Crippen molar-refractivity contribution in [3.8, 4) is 0 Å². The highest BCUT2D eigenvalue weighted by Gasteiger charge is 2.28. The van der Waals surface area contributed by atoms with E-state index in [0.29, 0.717) is 5.41 Å². The standard InChI is InChI=1S/C12H26N2/c1-11(6-8-13-4)14-9-5-7-12(2,3)10-14/h11,13H,5-10H2,1-4H3.